The molecule has 1 aliphatic rings. The van der Waals surface area contributed by atoms with Crippen LogP contribution < -0.4 is 10.1 Å². The molecule has 0 spiro atoms. The van der Waals surface area contributed by atoms with Crippen molar-refractivity contribution < 1.29 is 13.9 Å². The second-order valence-corrected chi connectivity index (χ2v) is 6.66. The van der Waals surface area contributed by atoms with Crippen molar-refractivity contribution in [2.45, 2.75) is 38.1 Å². The standard InChI is InChI=1S/C18H18ClFN2O2/c1-3-18(2)9-15(11-4-5-13(20)12(19)8-11)21-14-6-7-16(24-10-23)22-17(14)18/h4-8,10,15,21H,3,9H2,1-2H3. The minimum atomic E-state index is -0.424. The van der Waals surface area contributed by atoms with E-state index in [-0.39, 0.29) is 22.4 Å². The van der Waals surface area contributed by atoms with Gasteiger partial charge in [-0.2, -0.15) is 0 Å². The number of rotatable bonds is 4. The van der Waals surface area contributed by atoms with E-state index in [4.69, 9.17) is 16.3 Å². The average molecular weight is 349 g/mol. The van der Waals surface area contributed by atoms with Gasteiger partial charge in [-0.3, -0.25) is 4.79 Å². The molecule has 0 fully saturated rings. The van der Waals surface area contributed by atoms with Crippen molar-refractivity contribution in [3.8, 4) is 5.88 Å². The Labute approximate surface area is 145 Å². The Bertz CT molecular complexity index is 784. The van der Waals surface area contributed by atoms with Gasteiger partial charge in [0.2, 0.25) is 5.88 Å². The molecule has 24 heavy (non-hydrogen) atoms. The van der Waals surface area contributed by atoms with Gasteiger partial charge in [-0.15, -0.1) is 0 Å². The van der Waals surface area contributed by atoms with Gasteiger partial charge in [-0.25, -0.2) is 9.37 Å². The molecule has 2 heterocycles. The molecule has 0 saturated carbocycles. The number of ether oxygens (including phenoxy) is 1. The van der Waals surface area contributed by atoms with Crippen LogP contribution in [0.1, 0.15) is 44.0 Å². The van der Waals surface area contributed by atoms with Crippen LogP contribution in [-0.2, 0) is 10.2 Å². The maximum Gasteiger partial charge on any atom is 0.299 e. The Morgan fingerprint density at radius 1 is 1.46 bits per heavy atom. The first-order valence-corrected chi connectivity index (χ1v) is 8.18. The smallest absolute Gasteiger partial charge is 0.299 e. The van der Waals surface area contributed by atoms with Gasteiger partial charge in [-0.1, -0.05) is 31.5 Å². The van der Waals surface area contributed by atoms with Crippen molar-refractivity contribution in [3.05, 3.63) is 52.4 Å². The van der Waals surface area contributed by atoms with Gasteiger partial charge in [0.15, 0.2) is 0 Å². The van der Waals surface area contributed by atoms with Crippen molar-refractivity contribution in [2.24, 2.45) is 0 Å². The summed E-state index contributed by atoms with van der Waals surface area (Å²) in [4.78, 5) is 15.0. The highest BCUT2D eigenvalue weighted by atomic mass is 35.5. The molecule has 1 aromatic heterocycles. The van der Waals surface area contributed by atoms with Crippen LogP contribution in [0.3, 0.4) is 0 Å². The molecule has 0 radical (unpaired) electrons. The number of aromatic nitrogens is 1. The van der Waals surface area contributed by atoms with Crippen LogP contribution in [0.2, 0.25) is 5.02 Å². The number of benzene rings is 1. The van der Waals surface area contributed by atoms with E-state index in [1.165, 1.54) is 6.07 Å². The zero-order chi connectivity index (χ0) is 17.3. The maximum atomic E-state index is 13.4. The molecule has 1 N–H and O–H groups in total. The second-order valence-electron chi connectivity index (χ2n) is 6.25. The summed E-state index contributed by atoms with van der Waals surface area (Å²) >= 11 is 5.93. The third-order valence-corrected chi connectivity index (χ3v) is 5.01. The minimum absolute atomic E-state index is 0.000175. The SMILES string of the molecule is CCC1(C)CC(c2ccc(F)c(Cl)c2)Nc2ccc(OC=O)nc21. The van der Waals surface area contributed by atoms with Crippen molar-refractivity contribution in [1.82, 2.24) is 4.98 Å². The number of hydrogen-bond acceptors (Lipinski definition) is 4. The molecule has 0 bridgehead atoms. The van der Waals surface area contributed by atoms with Gasteiger partial charge in [-0.05, 0) is 36.6 Å². The Balaban J connectivity index is 2.01. The number of carbonyl (C=O) groups excluding carboxylic acids is 1. The topological polar surface area (TPSA) is 51.2 Å². The Kier molecular flexibility index (Phi) is 4.45. The van der Waals surface area contributed by atoms with E-state index >= 15 is 0 Å². The lowest BCUT2D eigenvalue weighted by atomic mass is 9.73. The molecule has 4 nitrogen and oxygen atoms in total. The summed E-state index contributed by atoms with van der Waals surface area (Å²) in [6, 6.07) is 8.30. The monoisotopic (exact) mass is 348 g/mol. The minimum Gasteiger partial charge on any atom is -0.410 e. The van der Waals surface area contributed by atoms with Crippen LogP contribution in [0.25, 0.3) is 0 Å². The molecule has 6 heteroatoms. The Morgan fingerprint density at radius 2 is 2.25 bits per heavy atom. The first-order valence-electron chi connectivity index (χ1n) is 7.80. The fourth-order valence-electron chi connectivity index (χ4n) is 3.16. The van der Waals surface area contributed by atoms with Gasteiger partial charge in [0, 0.05) is 11.5 Å². The summed E-state index contributed by atoms with van der Waals surface area (Å²) in [7, 11) is 0. The number of pyridine rings is 1. The third-order valence-electron chi connectivity index (χ3n) is 4.72. The molecule has 126 valence electrons. The third kappa shape index (κ3) is 2.96. The average Bonchev–Trinajstić information content (AvgIpc) is 2.58. The van der Waals surface area contributed by atoms with Gasteiger partial charge < -0.3 is 10.1 Å². The number of fused-ring (bicyclic) bond motifs is 1. The molecule has 3 rings (SSSR count). The van der Waals surface area contributed by atoms with Crippen LogP contribution in [0.5, 0.6) is 5.88 Å². The molecule has 1 aliphatic heterocycles. The number of nitrogens with one attached hydrogen (secondary N) is 1. The van der Waals surface area contributed by atoms with Crippen LogP contribution in [0, 0.1) is 5.82 Å². The number of hydrogen-bond donors (Lipinski definition) is 1. The molecular weight excluding hydrogens is 331 g/mol. The first kappa shape index (κ1) is 16.7. The highest BCUT2D eigenvalue weighted by Crippen LogP contribution is 2.46. The van der Waals surface area contributed by atoms with E-state index < -0.39 is 5.82 Å². The lowest BCUT2D eigenvalue weighted by Crippen LogP contribution is -2.34. The number of carbonyl (C=O) groups is 1. The quantitative estimate of drug-likeness (QED) is 0.818. The summed E-state index contributed by atoms with van der Waals surface area (Å²) in [5.74, 6) is -0.138. The fourth-order valence-corrected chi connectivity index (χ4v) is 3.35. The van der Waals surface area contributed by atoms with Gasteiger partial charge >= 0.3 is 0 Å². The lowest BCUT2D eigenvalue weighted by Gasteiger charge is -2.39. The van der Waals surface area contributed by atoms with Crippen molar-refractivity contribution in [1.29, 1.82) is 0 Å². The summed E-state index contributed by atoms with van der Waals surface area (Å²) in [6.07, 6.45) is 1.64. The fraction of sp³-hybridized carbons (Fsp3) is 0.333. The van der Waals surface area contributed by atoms with Gasteiger partial charge in [0.25, 0.3) is 6.47 Å². The summed E-state index contributed by atoms with van der Waals surface area (Å²) in [5.41, 5.74) is 2.48. The molecule has 0 amide bonds. The van der Waals surface area contributed by atoms with Crippen LogP contribution in [0.4, 0.5) is 10.1 Å². The Morgan fingerprint density at radius 3 is 2.92 bits per heavy atom. The zero-order valence-corrected chi connectivity index (χ0v) is 14.2. The molecule has 0 aliphatic carbocycles. The second kappa shape index (κ2) is 6.40. The molecule has 2 aromatic rings. The lowest BCUT2D eigenvalue weighted by molar-refractivity contribution is -0.120. The number of nitrogens with zero attached hydrogens (tertiary/aromatic N) is 1. The van der Waals surface area contributed by atoms with Gasteiger partial charge in [0.1, 0.15) is 5.82 Å². The Hall–Kier alpha value is -2.14. The zero-order valence-electron chi connectivity index (χ0n) is 13.5. The molecule has 2 atom stereocenters. The van der Waals surface area contributed by atoms with E-state index in [0.29, 0.717) is 6.47 Å². The normalized spacial score (nSPS) is 22.4. The van der Waals surface area contributed by atoms with Crippen LogP contribution in [0.15, 0.2) is 30.3 Å². The highest BCUT2D eigenvalue weighted by Gasteiger charge is 2.37. The van der Waals surface area contributed by atoms with E-state index in [9.17, 15) is 9.18 Å². The number of halogens is 2. The first-order chi connectivity index (χ1) is 11.5. The highest BCUT2D eigenvalue weighted by molar-refractivity contribution is 6.30. The molecular formula is C18H18ClFN2O2. The van der Waals surface area contributed by atoms with E-state index in [2.05, 4.69) is 24.1 Å². The van der Waals surface area contributed by atoms with Crippen LogP contribution >= 0.6 is 11.6 Å². The summed E-state index contributed by atoms with van der Waals surface area (Å²) < 4.78 is 18.3. The summed E-state index contributed by atoms with van der Waals surface area (Å²) in [5, 5.41) is 3.55. The molecule has 2 unspecified atom stereocenters. The maximum absolute atomic E-state index is 13.4. The van der Waals surface area contributed by atoms with E-state index in [0.717, 1.165) is 29.8 Å². The van der Waals surface area contributed by atoms with Crippen LogP contribution in [-0.4, -0.2) is 11.5 Å². The molecule has 0 saturated heterocycles. The van der Waals surface area contributed by atoms with Crippen molar-refractivity contribution in [2.75, 3.05) is 5.32 Å². The summed E-state index contributed by atoms with van der Waals surface area (Å²) in [6.45, 7) is 4.60. The molecule has 1 aromatic carbocycles. The van der Waals surface area contributed by atoms with Crippen molar-refractivity contribution >= 4 is 23.8 Å². The number of anilines is 1. The van der Waals surface area contributed by atoms with Crippen molar-refractivity contribution in [3.63, 3.8) is 0 Å². The largest absolute Gasteiger partial charge is 0.410 e. The van der Waals surface area contributed by atoms with E-state index in [1.807, 2.05) is 6.07 Å². The predicted molar refractivity (Wildman–Crippen MR) is 91.0 cm³/mol. The van der Waals surface area contributed by atoms with E-state index in [1.54, 1.807) is 18.2 Å². The predicted octanol–water partition coefficient (Wildman–Crippen LogP) is 4.63. The van der Waals surface area contributed by atoms with Gasteiger partial charge in [0.05, 0.1) is 22.4 Å².